The first-order chi connectivity index (χ1) is 21.5. The van der Waals surface area contributed by atoms with Gasteiger partial charge in [0.25, 0.3) is 0 Å². The maximum atomic E-state index is 6.60. The van der Waals surface area contributed by atoms with E-state index < -0.39 is 0 Å². The molecule has 1 fully saturated rings. The molecule has 4 aliphatic rings. The van der Waals surface area contributed by atoms with Crippen molar-refractivity contribution in [3.63, 3.8) is 0 Å². The van der Waals surface area contributed by atoms with Crippen molar-refractivity contribution in [1.29, 1.82) is 0 Å². The second-order valence-corrected chi connectivity index (χ2v) is 12.2. The number of allylic oxidation sites excluding steroid dienone is 12. The molecule has 2 aromatic carbocycles. The Balaban J connectivity index is 1.44. The molecule has 3 nitrogen and oxygen atoms in total. The highest BCUT2D eigenvalue weighted by molar-refractivity contribution is 6.11. The highest BCUT2D eigenvalue weighted by atomic mass is 15.1. The van der Waals surface area contributed by atoms with Crippen molar-refractivity contribution in [2.45, 2.75) is 65.8 Å². The molecule has 3 aliphatic carbocycles. The van der Waals surface area contributed by atoms with Crippen LogP contribution < -0.4 is 11.1 Å². The zero-order chi connectivity index (χ0) is 30.6. The molecule has 0 aromatic heterocycles. The van der Waals surface area contributed by atoms with Crippen molar-refractivity contribution >= 4 is 23.3 Å². The van der Waals surface area contributed by atoms with Crippen molar-refractivity contribution in [2.24, 2.45) is 22.6 Å². The molecule has 0 bridgehead atoms. The van der Waals surface area contributed by atoms with Gasteiger partial charge in [0, 0.05) is 28.1 Å². The normalized spacial score (nSPS) is 24.2. The van der Waals surface area contributed by atoms with Gasteiger partial charge in [0.2, 0.25) is 0 Å². The second-order valence-electron chi connectivity index (χ2n) is 12.2. The van der Waals surface area contributed by atoms with Crippen LogP contribution in [0.3, 0.4) is 0 Å². The molecule has 0 amide bonds. The van der Waals surface area contributed by atoms with Gasteiger partial charge in [0.15, 0.2) is 0 Å². The Kier molecular flexibility index (Phi) is 8.84. The Hall–Kier alpha value is -4.37. The first kappa shape index (κ1) is 29.7. The lowest BCUT2D eigenvalue weighted by atomic mass is 9.86. The topological polar surface area (TPSA) is 50.4 Å². The molecule has 3 N–H and O–H groups in total. The summed E-state index contributed by atoms with van der Waals surface area (Å²) >= 11 is 0. The van der Waals surface area contributed by atoms with Crippen LogP contribution in [0.25, 0.3) is 11.8 Å². The van der Waals surface area contributed by atoms with Gasteiger partial charge in [-0.25, -0.2) is 0 Å². The van der Waals surface area contributed by atoms with Crippen LogP contribution in [0.2, 0.25) is 0 Å². The molecular formula is C41H45N3. The summed E-state index contributed by atoms with van der Waals surface area (Å²) in [5, 5.41) is 3.83. The van der Waals surface area contributed by atoms with Crippen LogP contribution in [0.4, 0.5) is 5.69 Å². The van der Waals surface area contributed by atoms with Crippen molar-refractivity contribution in [1.82, 2.24) is 0 Å². The number of nitrogens with two attached hydrogens (primary N) is 1. The Morgan fingerprint density at radius 3 is 2.59 bits per heavy atom. The molecule has 3 heteroatoms. The summed E-state index contributed by atoms with van der Waals surface area (Å²) in [5.74, 6) is 2.28. The van der Waals surface area contributed by atoms with Crippen LogP contribution in [0.1, 0.15) is 85.9 Å². The van der Waals surface area contributed by atoms with Crippen molar-refractivity contribution < 1.29 is 0 Å². The van der Waals surface area contributed by atoms with Gasteiger partial charge in [-0.05, 0) is 96.4 Å². The lowest BCUT2D eigenvalue weighted by molar-refractivity contribution is 0.829. The van der Waals surface area contributed by atoms with Gasteiger partial charge in [0.05, 0.1) is 0 Å². The van der Waals surface area contributed by atoms with E-state index in [9.17, 15) is 0 Å². The number of rotatable bonds is 9. The molecule has 3 unspecified atom stereocenters. The number of fused-ring (bicyclic) bond motifs is 2. The van der Waals surface area contributed by atoms with E-state index in [2.05, 4.69) is 130 Å². The second kappa shape index (κ2) is 13.1. The van der Waals surface area contributed by atoms with E-state index in [0.717, 1.165) is 53.9 Å². The smallest absolute Gasteiger partial charge is 0.133 e. The average Bonchev–Trinajstić information content (AvgIpc) is 3.72. The van der Waals surface area contributed by atoms with Crippen LogP contribution in [0, 0.1) is 18.8 Å². The Morgan fingerprint density at radius 2 is 1.91 bits per heavy atom. The molecule has 0 radical (unpaired) electrons. The SMILES string of the molecule is CC/C=C\C(=C1\C=CC2CC12)C1N=C(c2ccc(/C(N)=C/C=C3/C=CC=CC3)c(C)c2)Nc2c1ccc(/C=C\CC)c2CC. The maximum Gasteiger partial charge on any atom is 0.133 e. The molecule has 224 valence electrons. The zero-order valence-electron chi connectivity index (χ0n) is 26.6. The molecule has 2 aromatic rings. The van der Waals surface area contributed by atoms with E-state index in [1.807, 2.05) is 6.08 Å². The molecule has 44 heavy (non-hydrogen) atoms. The summed E-state index contributed by atoms with van der Waals surface area (Å²) in [7, 11) is 0. The molecular weight excluding hydrogens is 534 g/mol. The summed E-state index contributed by atoms with van der Waals surface area (Å²) in [4.78, 5) is 5.50. The molecule has 0 spiro atoms. The third-order valence-corrected chi connectivity index (χ3v) is 9.19. The van der Waals surface area contributed by atoms with Crippen molar-refractivity contribution in [2.75, 3.05) is 5.32 Å². The quantitative estimate of drug-likeness (QED) is 0.311. The first-order valence-corrected chi connectivity index (χ1v) is 16.4. The Bertz CT molecular complexity index is 1720. The Morgan fingerprint density at radius 1 is 1.05 bits per heavy atom. The van der Waals surface area contributed by atoms with Gasteiger partial charge >= 0.3 is 0 Å². The minimum absolute atomic E-state index is 0.0632. The molecule has 6 rings (SSSR count). The molecule has 1 aliphatic heterocycles. The fraction of sp³-hybridized carbons (Fsp3) is 0.293. The number of nitrogens with zero attached hydrogens (tertiary/aromatic N) is 1. The summed E-state index contributed by atoms with van der Waals surface area (Å²) in [5.41, 5.74) is 19.8. The molecule has 1 saturated carbocycles. The number of aryl methyl sites for hydroxylation is 1. The maximum absolute atomic E-state index is 6.60. The fourth-order valence-corrected chi connectivity index (χ4v) is 6.68. The monoisotopic (exact) mass is 579 g/mol. The predicted octanol–water partition coefficient (Wildman–Crippen LogP) is 10.1. The molecule has 1 heterocycles. The van der Waals surface area contributed by atoms with Gasteiger partial charge in [-0.15, -0.1) is 0 Å². The zero-order valence-corrected chi connectivity index (χ0v) is 26.6. The van der Waals surface area contributed by atoms with Crippen molar-refractivity contribution in [3.8, 4) is 0 Å². The highest BCUT2D eigenvalue weighted by Gasteiger charge is 2.43. The summed E-state index contributed by atoms with van der Waals surface area (Å²) < 4.78 is 0. The fourth-order valence-electron chi connectivity index (χ4n) is 6.68. The van der Waals surface area contributed by atoms with Gasteiger partial charge < -0.3 is 11.1 Å². The lowest BCUT2D eigenvalue weighted by Crippen LogP contribution is -2.24. The van der Waals surface area contributed by atoms with Gasteiger partial charge in [-0.3, -0.25) is 4.99 Å². The van der Waals surface area contributed by atoms with Crippen LogP contribution in [-0.4, -0.2) is 5.84 Å². The van der Waals surface area contributed by atoms with E-state index in [1.54, 1.807) is 0 Å². The van der Waals surface area contributed by atoms with Crippen molar-refractivity contribution in [3.05, 3.63) is 147 Å². The van der Waals surface area contributed by atoms with Crippen LogP contribution in [0.5, 0.6) is 0 Å². The lowest BCUT2D eigenvalue weighted by Gasteiger charge is -2.30. The third-order valence-electron chi connectivity index (χ3n) is 9.19. The number of hydrogen-bond acceptors (Lipinski definition) is 3. The van der Waals surface area contributed by atoms with Crippen LogP contribution in [-0.2, 0) is 6.42 Å². The molecule has 3 atom stereocenters. The van der Waals surface area contributed by atoms with E-state index in [1.165, 1.54) is 45.5 Å². The van der Waals surface area contributed by atoms with Crippen LogP contribution >= 0.6 is 0 Å². The number of aliphatic imine (C=N–C) groups is 1. The van der Waals surface area contributed by atoms with E-state index in [0.29, 0.717) is 11.8 Å². The number of nitrogens with one attached hydrogen (secondary N) is 1. The summed E-state index contributed by atoms with van der Waals surface area (Å²) in [6.45, 7) is 8.80. The van der Waals surface area contributed by atoms with E-state index in [-0.39, 0.29) is 6.04 Å². The largest absolute Gasteiger partial charge is 0.398 e. The number of benzene rings is 2. The number of amidine groups is 1. The number of hydrogen-bond donors (Lipinski definition) is 2. The Labute approximate surface area is 263 Å². The number of anilines is 1. The van der Waals surface area contributed by atoms with Gasteiger partial charge in [-0.1, -0.05) is 112 Å². The van der Waals surface area contributed by atoms with Gasteiger partial charge in [0.1, 0.15) is 11.9 Å². The average molecular weight is 580 g/mol. The highest BCUT2D eigenvalue weighted by Crippen LogP contribution is 2.54. The minimum Gasteiger partial charge on any atom is -0.398 e. The van der Waals surface area contributed by atoms with Gasteiger partial charge in [-0.2, -0.15) is 0 Å². The third kappa shape index (κ3) is 6.01. The first-order valence-electron chi connectivity index (χ1n) is 16.4. The molecule has 0 saturated heterocycles. The van der Waals surface area contributed by atoms with E-state index >= 15 is 0 Å². The van der Waals surface area contributed by atoms with Crippen LogP contribution in [0.15, 0.2) is 119 Å². The van der Waals surface area contributed by atoms with E-state index in [4.69, 9.17) is 10.7 Å². The minimum atomic E-state index is -0.0632. The summed E-state index contributed by atoms with van der Waals surface area (Å²) in [6, 6.07) is 11.1. The summed E-state index contributed by atoms with van der Waals surface area (Å²) in [6.07, 6.45) is 31.7. The standard InChI is InChI=1S/C41H45N3/c1-5-8-15-29-18-23-36-39(32(29)7-3)43-41(44-40(36)35(16-9-6-2)34-22-19-30-26-37(30)34)31-20-21-33(27(4)25-31)38(42)24-17-28-13-11-10-12-14-28/h8-13,15-25,30,37,40H,5-7,14,26,42H2,1-4H3,(H,43,44)/b15-8-,16-9-,28-17-,35-34+,38-24-. The predicted molar refractivity (Wildman–Crippen MR) is 190 cm³/mol.